The van der Waals surface area contributed by atoms with Gasteiger partial charge in [0.2, 0.25) is 11.8 Å². The first-order valence-corrected chi connectivity index (χ1v) is 13.5. The third-order valence-corrected chi connectivity index (χ3v) is 7.84. The van der Waals surface area contributed by atoms with Crippen molar-refractivity contribution in [2.24, 2.45) is 0 Å². The molecule has 0 spiro atoms. The van der Waals surface area contributed by atoms with Gasteiger partial charge in [-0.15, -0.1) is 0 Å². The first-order chi connectivity index (χ1) is 18.4. The summed E-state index contributed by atoms with van der Waals surface area (Å²) in [7, 11) is 3.04. The van der Waals surface area contributed by atoms with Crippen LogP contribution in [0.15, 0.2) is 23.8 Å². The number of rotatable bonds is 10. The maximum Gasteiger partial charge on any atom is 0.247 e. The quantitative estimate of drug-likeness (QED) is 0.332. The number of nitrogens with one attached hydrogen (secondary N) is 1. The van der Waals surface area contributed by atoms with E-state index >= 15 is 0 Å². The highest BCUT2D eigenvalue weighted by Crippen LogP contribution is 2.51. The zero-order valence-corrected chi connectivity index (χ0v) is 22.2. The summed E-state index contributed by atoms with van der Waals surface area (Å²) in [4.78, 5) is 28.8. The van der Waals surface area contributed by atoms with Gasteiger partial charge in [0, 0.05) is 30.8 Å². The molecule has 1 aromatic carbocycles. The van der Waals surface area contributed by atoms with Crippen LogP contribution in [0.1, 0.15) is 62.0 Å². The van der Waals surface area contributed by atoms with Crippen LogP contribution in [0.3, 0.4) is 0 Å². The van der Waals surface area contributed by atoms with Crippen LogP contribution >= 0.6 is 0 Å². The minimum absolute atomic E-state index is 0.0631. The van der Waals surface area contributed by atoms with Crippen LogP contribution in [0.5, 0.6) is 11.5 Å². The van der Waals surface area contributed by atoms with Gasteiger partial charge in [-0.1, -0.05) is 25.7 Å². The second kappa shape index (κ2) is 12.9. The summed E-state index contributed by atoms with van der Waals surface area (Å²) in [6.07, 6.45) is 5.74. The summed E-state index contributed by atoms with van der Waals surface area (Å²) in [6, 6.07) is 2.57. The van der Waals surface area contributed by atoms with E-state index in [1.807, 2.05) is 0 Å². The molecular formula is C28H40N2O8. The van der Waals surface area contributed by atoms with Gasteiger partial charge in [0.15, 0.2) is 11.5 Å². The molecule has 0 unspecified atom stereocenters. The Kier molecular flexibility index (Phi) is 9.64. The maximum absolute atomic E-state index is 13.6. The molecular weight excluding hydrogens is 492 g/mol. The van der Waals surface area contributed by atoms with E-state index in [2.05, 4.69) is 5.32 Å². The van der Waals surface area contributed by atoms with Crippen molar-refractivity contribution in [2.75, 3.05) is 34.0 Å². The lowest BCUT2D eigenvalue weighted by Gasteiger charge is -2.44. The molecule has 4 atom stereocenters. The molecule has 1 aromatic rings. The van der Waals surface area contributed by atoms with Gasteiger partial charge in [0.05, 0.1) is 45.3 Å². The molecule has 38 heavy (non-hydrogen) atoms. The summed E-state index contributed by atoms with van der Waals surface area (Å²) in [5, 5.41) is 33.6. The van der Waals surface area contributed by atoms with Crippen LogP contribution in [0.4, 0.5) is 0 Å². The monoisotopic (exact) mass is 532 g/mol. The van der Waals surface area contributed by atoms with Crippen molar-refractivity contribution in [1.29, 1.82) is 0 Å². The molecule has 1 saturated carbocycles. The average molecular weight is 533 g/mol. The number of ether oxygens (including phenoxy) is 3. The first-order valence-electron chi connectivity index (χ1n) is 13.5. The molecule has 3 aliphatic rings. The molecule has 1 fully saturated rings. The van der Waals surface area contributed by atoms with Crippen molar-refractivity contribution >= 4 is 11.8 Å². The highest BCUT2D eigenvalue weighted by molar-refractivity contribution is 5.96. The Labute approximate surface area is 223 Å². The Balaban J connectivity index is 1.80. The third kappa shape index (κ3) is 5.68. The minimum Gasteiger partial charge on any atom is -0.493 e. The topological polar surface area (TPSA) is 138 Å². The number of nitrogens with zero attached hydrogens (tertiary/aromatic N) is 1. The zero-order valence-electron chi connectivity index (χ0n) is 22.2. The molecule has 0 saturated heterocycles. The Morgan fingerprint density at radius 2 is 1.87 bits per heavy atom. The second-order valence-corrected chi connectivity index (χ2v) is 10.2. The molecule has 10 nitrogen and oxygen atoms in total. The molecule has 0 bridgehead atoms. The predicted octanol–water partition coefficient (Wildman–Crippen LogP) is 1.40. The first kappa shape index (κ1) is 28.4. The molecule has 210 valence electrons. The maximum atomic E-state index is 13.6. The Morgan fingerprint density at radius 3 is 2.50 bits per heavy atom. The van der Waals surface area contributed by atoms with E-state index in [0.717, 1.165) is 38.5 Å². The number of hydrogen-bond acceptors (Lipinski definition) is 8. The Morgan fingerprint density at radius 1 is 1.13 bits per heavy atom. The van der Waals surface area contributed by atoms with Gasteiger partial charge in [-0.3, -0.25) is 9.59 Å². The van der Waals surface area contributed by atoms with Crippen LogP contribution in [0.2, 0.25) is 0 Å². The van der Waals surface area contributed by atoms with Gasteiger partial charge < -0.3 is 39.7 Å². The number of amides is 2. The number of hydrogen-bond donors (Lipinski definition) is 4. The summed E-state index contributed by atoms with van der Waals surface area (Å²) in [5.41, 5.74) is 1.58. The molecule has 4 N–H and O–H groups in total. The number of benzene rings is 1. The Bertz CT molecular complexity index is 1020. The predicted molar refractivity (Wildman–Crippen MR) is 139 cm³/mol. The summed E-state index contributed by atoms with van der Waals surface area (Å²) in [6.45, 7) is -0.134. The van der Waals surface area contributed by atoms with Crippen molar-refractivity contribution in [3.05, 3.63) is 34.9 Å². The number of carbonyl (C=O) groups is 2. The highest BCUT2D eigenvalue weighted by Gasteiger charge is 2.52. The molecule has 10 heteroatoms. The fourth-order valence-electron chi connectivity index (χ4n) is 6.06. The number of fused-ring (bicyclic) bond motifs is 3. The van der Waals surface area contributed by atoms with Crippen LogP contribution in [-0.2, 0) is 20.9 Å². The van der Waals surface area contributed by atoms with Crippen LogP contribution in [-0.4, -0.2) is 90.3 Å². The SMILES string of the molecule is COCCC(=O)N(C1CCCCCC1)[C@@H]1C=C(C(=O)NCCO)[C@@H]2c3cc(CO)cc(OC)c3O[C@@H]2[C@H]1O. The van der Waals surface area contributed by atoms with E-state index in [-0.39, 0.29) is 44.7 Å². The highest BCUT2D eigenvalue weighted by atomic mass is 16.5. The molecule has 1 aliphatic heterocycles. The van der Waals surface area contributed by atoms with Crippen LogP contribution in [0, 0.1) is 0 Å². The normalized spacial score (nSPS) is 24.9. The third-order valence-electron chi connectivity index (χ3n) is 7.84. The van der Waals surface area contributed by atoms with Gasteiger partial charge in [-0.2, -0.15) is 0 Å². The van der Waals surface area contributed by atoms with E-state index < -0.39 is 30.1 Å². The molecule has 0 aromatic heterocycles. The van der Waals surface area contributed by atoms with E-state index in [1.165, 1.54) is 7.11 Å². The van der Waals surface area contributed by atoms with Crippen molar-refractivity contribution in [2.45, 2.75) is 81.8 Å². The largest absolute Gasteiger partial charge is 0.493 e. The molecule has 2 aliphatic carbocycles. The van der Waals surface area contributed by atoms with Crippen molar-refractivity contribution in [1.82, 2.24) is 10.2 Å². The molecule has 4 rings (SSSR count). The van der Waals surface area contributed by atoms with Gasteiger partial charge in [-0.25, -0.2) is 0 Å². The average Bonchev–Trinajstić information content (AvgIpc) is 3.11. The number of methoxy groups -OCH3 is 2. The number of aliphatic hydroxyl groups excluding tert-OH is 3. The van der Waals surface area contributed by atoms with E-state index in [4.69, 9.17) is 14.2 Å². The lowest BCUT2D eigenvalue weighted by molar-refractivity contribution is -0.141. The summed E-state index contributed by atoms with van der Waals surface area (Å²) < 4.78 is 17.0. The van der Waals surface area contributed by atoms with Crippen LogP contribution in [0.25, 0.3) is 0 Å². The lowest BCUT2D eigenvalue weighted by Crippen LogP contribution is -2.58. The van der Waals surface area contributed by atoms with Crippen molar-refractivity contribution in [3.8, 4) is 11.5 Å². The number of aliphatic hydroxyl groups is 3. The molecule has 2 amide bonds. The van der Waals surface area contributed by atoms with Gasteiger partial charge in [-0.05, 0) is 36.6 Å². The van der Waals surface area contributed by atoms with Gasteiger partial charge in [0.25, 0.3) is 0 Å². The minimum atomic E-state index is -1.11. The van der Waals surface area contributed by atoms with Crippen molar-refractivity contribution in [3.63, 3.8) is 0 Å². The van der Waals surface area contributed by atoms with E-state index in [0.29, 0.717) is 28.2 Å². The summed E-state index contributed by atoms with van der Waals surface area (Å²) in [5.74, 6) is -0.367. The fourth-order valence-corrected chi connectivity index (χ4v) is 6.06. The smallest absolute Gasteiger partial charge is 0.247 e. The van der Waals surface area contributed by atoms with Crippen LogP contribution < -0.4 is 14.8 Å². The fraction of sp³-hybridized carbons (Fsp3) is 0.643. The zero-order chi connectivity index (χ0) is 27.2. The Hall–Kier alpha value is -2.66. The van der Waals surface area contributed by atoms with Gasteiger partial charge >= 0.3 is 0 Å². The molecule has 1 heterocycles. The second-order valence-electron chi connectivity index (χ2n) is 10.2. The van der Waals surface area contributed by atoms with E-state index in [1.54, 1.807) is 30.2 Å². The van der Waals surface area contributed by atoms with Gasteiger partial charge in [0.1, 0.15) is 12.2 Å². The molecule has 0 radical (unpaired) electrons. The lowest BCUT2D eigenvalue weighted by atomic mass is 9.76. The van der Waals surface area contributed by atoms with Crippen molar-refractivity contribution < 1.29 is 39.1 Å². The summed E-state index contributed by atoms with van der Waals surface area (Å²) >= 11 is 0. The standard InChI is InChI=1S/C28H40N2O8/c1-36-12-9-23(33)30(18-7-5-3-4-6-8-18)21-15-20(28(35)29-10-11-31)24-19-13-17(16-32)14-22(37-2)26(19)38-27(24)25(21)34/h13-15,18,21,24-25,27,31-32,34H,3-12,16H2,1-2H3,(H,29,35)/t21-,24+,25+,27+/m1/s1. The van der Waals surface area contributed by atoms with E-state index in [9.17, 15) is 24.9 Å². The number of carbonyl (C=O) groups excluding carboxylic acids is 2.